The highest BCUT2D eigenvalue weighted by molar-refractivity contribution is 5.42. The second-order valence-electron chi connectivity index (χ2n) is 5.39. The number of hydrogen-bond donors (Lipinski definition) is 1. The number of piperidine rings is 1. The molecule has 2 atom stereocenters. The van der Waals surface area contributed by atoms with Crippen molar-refractivity contribution < 1.29 is 0 Å². The lowest BCUT2D eigenvalue weighted by atomic mass is 9.98. The molecule has 94 valence electrons. The minimum Gasteiger partial charge on any atom is -0.357 e. The van der Waals surface area contributed by atoms with Crippen molar-refractivity contribution in [2.45, 2.75) is 43.8 Å². The molecule has 4 nitrogen and oxygen atoms in total. The van der Waals surface area contributed by atoms with Crippen LogP contribution in [0.4, 0.5) is 5.82 Å². The molecule has 2 aliphatic heterocycles. The summed E-state index contributed by atoms with van der Waals surface area (Å²) < 4.78 is 0. The summed E-state index contributed by atoms with van der Waals surface area (Å²) in [5.74, 6) is 0.973. The normalized spacial score (nSPS) is 29.9. The van der Waals surface area contributed by atoms with Crippen LogP contribution in [0.5, 0.6) is 0 Å². The van der Waals surface area contributed by atoms with Gasteiger partial charge in [0.05, 0.1) is 5.56 Å². The second kappa shape index (κ2) is 4.58. The predicted molar refractivity (Wildman–Crippen MR) is 70.3 cm³/mol. The Hall–Kier alpha value is -1.60. The Bertz CT molecular complexity index is 450. The van der Waals surface area contributed by atoms with E-state index in [0.717, 1.165) is 5.82 Å². The van der Waals surface area contributed by atoms with Crippen molar-refractivity contribution in [2.75, 3.05) is 11.9 Å². The van der Waals surface area contributed by atoms with Crippen LogP contribution < -0.4 is 10.2 Å². The van der Waals surface area contributed by atoms with Crippen molar-refractivity contribution in [3.05, 3.63) is 23.9 Å². The number of nitrogens with zero attached hydrogens (tertiary/aromatic N) is 3. The van der Waals surface area contributed by atoms with E-state index in [1.165, 1.54) is 25.7 Å². The van der Waals surface area contributed by atoms with Crippen molar-refractivity contribution >= 4 is 5.82 Å². The third kappa shape index (κ3) is 2.06. The van der Waals surface area contributed by atoms with Gasteiger partial charge in [-0.25, -0.2) is 4.98 Å². The third-order valence-electron chi connectivity index (χ3n) is 4.23. The highest BCUT2D eigenvalue weighted by atomic mass is 15.2. The van der Waals surface area contributed by atoms with Crippen LogP contribution in [0.2, 0.25) is 0 Å². The van der Waals surface area contributed by atoms with Gasteiger partial charge in [-0.3, -0.25) is 0 Å². The van der Waals surface area contributed by atoms with Crippen LogP contribution in [0.25, 0.3) is 0 Å². The molecule has 1 aromatic rings. The molecule has 2 unspecified atom stereocenters. The van der Waals surface area contributed by atoms with Gasteiger partial charge in [-0.1, -0.05) is 0 Å². The Balaban J connectivity index is 1.73. The fourth-order valence-electron chi connectivity index (χ4n) is 3.19. The molecule has 0 aliphatic carbocycles. The molecule has 0 amide bonds. The summed E-state index contributed by atoms with van der Waals surface area (Å²) in [4.78, 5) is 6.65. The number of fused-ring (bicyclic) bond motifs is 2. The summed E-state index contributed by atoms with van der Waals surface area (Å²) in [6, 6.07) is 7.85. The molecular weight excluding hydrogens is 224 g/mol. The summed E-state index contributed by atoms with van der Waals surface area (Å²) in [5.41, 5.74) is 0.623. The van der Waals surface area contributed by atoms with E-state index < -0.39 is 0 Å². The molecule has 4 heteroatoms. The lowest BCUT2D eigenvalue weighted by molar-refractivity contribution is 0.354. The highest BCUT2D eigenvalue weighted by Crippen LogP contribution is 2.30. The molecule has 1 aromatic heterocycles. The monoisotopic (exact) mass is 242 g/mol. The van der Waals surface area contributed by atoms with Gasteiger partial charge in [0.2, 0.25) is 0 Å². The molecule has 1 N–H and O–H groups in total. The number of anilines is 1. The fourth-order valence-corrected chi connectivity index (χ4v) is 3.19. The quantitative estimate of drug-likeness (QED) is 0.857. The van der Waals surface area contributed by atoms with Crippen molar-refractivity contribution in [3.63, 3.8) is 0 Å². The van der Waals surface area contributed by atoms with E-state index in [0.29, 0.717) is 23.7 Å². The molecule has 3 rings (SSSR count). The van der Waals surface area contributed by atoms with Crippen LogP contribution in [0.3, 0.4) is 0 Å². The Morgan fingerprint density at radius 1 is 1.33 bits per heavy atom. The lowest BCUT2D eigenvalue weighted by Crippen LogP contribution is -2.47. The maximum absolute atomic E-state index is 8.78. The number of nitrogens with one attached hydrogen (secondary N) is 1. The first-order chi connectivity index (χ1) is 8.76. The first-order valence-electron chi connectivity index (χ1n) is 6.61. The number of hydrogen-bond acceptors (Lipinski definition) is 4. The molecule has 3 heterocycles. The van der Waals surface area contributed by atoms with Gasteiger partial charge < -0.3 is 10.2 Å². The van der Waals surface area contributed by atoms with E-state index in [2.05, 4.69) is 28.3 Å². The van der Waals surface area contributed by atoms with Gasteiger partial charge >= 0.3 is 0 Å². The molecule has 0 spiro atoms. The van der Waals surface area contributed by atoms with Gasteiger partial charge in [-0.2, -0.15) is 5.26 Å². The van der Waals surface area contributed by atoms with Crippen molar-refractivity contribution in [2.24, 2.45) is 0 Å². The molecule has 2 fully saturated rings. The SMILES string of the molecule is CN(c1ccc(C#N)cn1)C1CC2CCC(C1)N2. The highest BCUT2D eigenvalue weighted by Gasteiger charge is 2.35. The van der Waals surface area contributed by atoms with Gasteiger partial charge in [0.25, 0.3) is 0 Å². The standard InChI is InChI=1S/C14H18N4/c1-18(14-5-2-10(8-15)9-16-14)13-6-11-3-4-12(7-13)17-11/h2,5,9,11-13,17H,3-4,6-7H2,1H3. The molecular formula is C14H18N4. The van der Waals surface area contributed by atoms with E-state index >= 15 is 0 Å². The fraction of sp³-hybridized carbons (Fsp3) is 0.571. The summed E-state index contributed by atoms with van der Waals surface area (Å²) >= 11 is 0. The largest absolute Gasteiger partial charge is 0.357 e. The average Bonchev–Trinajstić information content (AvgIpc) is 2.77. The maximum atomic E-state index is 8.78. The molecule has 0 saturated carbocycles. The van der Waals surface area contributed by atoms with Crippen LogP contribution >= 0.6 is 0 Å². The van der Waals surface area contributed by atoms with Gasteiger partial charge in [-0.15, -0.1) is 0 Å². The minimum absolute atomic E-state index is 0.573. The summed E-state index contributed by atoms with van der Waals surface area (Å²) in [5, 5.41) is 12.4. The maximum Gasteiger partial charge on any atom is 0.128 e. The first kappa shape index (κ1) is 11.5. The Morgan fingerprint density at radius 3 is 2.61 bits per heavy atom. The summed E-state index contributed by atoms with van der Waals surface area (Å²) in [7, 11) is 2.11. The van der Waals surface area contributed by atoms with E-state index in [-0.39, 0.29) is 0 Å². The zero-order chi connectivity index (χ0) is 12.5. The number of pyridine rings is 1. The van der Waals surface area contributed by atoms with Crippen molar-refractivity contribution in [3.8, 4) is 6.07 Å². The van der Waals surface area contributed by atoms with Crippen LogP contribution in [-0.2, 0) is 0 Å². The number of nitriles is 1. The van der Waals surface area contributed by atoms with Gasteiger partial charge in [0.15, 0.2) is 0 Å². The zero-order valence-electron chi connectivity index (χ0n) is 10.6. The van der Waals surface area contributed by atoms with E-state index in [1.54, 1.807) is 6.20 Å². The number of aromatic nitrogens is 1. The van der Waals surface area contributed by atoms with Crippen LogP contribution in [-0.4, -0.2) is 30.2 Å². The Labute approximate surface area is 108 Å². The van der Waals surface area contributed by atoms with Crippen molar-refractivity contribution in [1.82, 2.24) is 10.3 Å². The van der Waals surface area contributed by atoms with E-state index in [4.69, 9.17) is 5.26 Å². The molecule has 2 saturated heterocycles. The van der Waals surface area contributed by atoms with Gasteiger partial charge in [0.1, 0.15) is 11.9 Å². The second-order valence-corrected chi connectivity index (χ2v) is 5.39. The van der Waals surface area contributed by atoms with Crippen LogP contribution in [0, 0.1) is 11.3 Å². The summed E-state index contributed by atoms with van der Waals surface area (Å²) in [6.07, 6.45) is 6.69. The topological polar surface area (TPSA) is 52.0 Å². The van der Waals surface area contributed by atoms with E-state index in [9.17, 15) is 0 Å². The molecule has 2 aliphatic rings. The molecule has 2 bridgehead atoms. The number of rotatable bonds is 2. The van der Waals surface area contributed by atoms with E-state index in [1.807, 2.05) is 12.1 Å². The predicted octanol–water partition coefficient (Wildman–Crippen LogP) is 1.67. The smallest absolute Gasteiger partial charge is 0.128 e. The Morgan fingerprint density at radius 2 is 2.06 bits per heavy atom. The average molecular weight is 242 g/mol. The van der Waals surface area contributed by atoms with Crippen LogP contribution in [0.1, 0.15) is 31.2 Å². The zero-order valence-corrected chi connectivity index (χ0v) is 10.6. The Kier molecular flexibility index (Phi) is 2.92. The van der Waals surface area contributed by atoms with Crippen molar-refractivity contribution in [1.29, 1.82) is 5.26 Å². The third-order valence-corrected chi connectivity index (χ3v) is 4.23. The molecule has 0 aromatic carbocycles. The first-order valence-corrected chi connectivity index (χ1v) is 6.61. The minimum atomic E-state index is 0.573. The van der Waals surface area contributed by atoms with Gasteiger partial charge in [0, 0.05) is 31.4 Å². The molecule has 18 heavy (non-hydrogen) atoms. The molecule has 0 radical (unpaired) electrons. The van der Waals surface area contributed by atoms with Crippen LogP contribution in [0.15, 0.2) is 18.3 Å². The summed E-state index contributed by atoms with van der Waals surface area (Å²) in [6.45, 7) is 0. The van der Waals surface area contributed by atoms with Gasteiger partial charge in [-0.05, 0) is 37.8 Å². The lowest BCUT2D eigenvalue weighted by Gasteiger charge is -2.36.